The first kappa shape index (κ1) is 19.9. The summed E-state index contributed by atoms with van der Waals surface area (Å²) in [5, 5.41) is 12.5. The van der Waals surface area contributed by atoms with Gasteiger partial charge in [0.1, 0.15) is 6.73 Å². The minimum Gasteiger partial charge on any atom is -0.464 e. The van der Waals surface area contributed by atoms with E-state index in [4.69, 9.17) is 4.74 Å². The molecule has 0 aliphatic heterocycles. The highest BCUT2D eigenvalue weighted by Crippen LogP contribution is 2.27. The fourth-order valence-electron chi connectivity index (χ4n) is 3.13. The number of aromatic nitrogens is 5. The van der Waals surface area contributed by atoms with Gasteiger partial charge in [0, 0.05) is 19.2 Å². The number of rotatable bonds is 6. The standard InChI is InChI=1S/C20H19N5O4S/c1-12(13-4-6-16-17(10-13)30-20(27)24(16)11-28-2)14-8-9-25(23-14)18-7-5-15(21-22-18)19(26)29-3/h4-10,12H,11H2,1-3H3. The van der Waals surface area contributed by atoms with Crippen LogP contribution in [0.2, 0.25) is 0 Å². The SMILES string of the molecule is COCn1c(=O)sc2cc(C(C)c3ccn(-c4ccc(C(=O)OC)nn4)n3)ccc21. The highest BCUT2D eigenvalue weighted by Gasteiger charge is 2.16. The number of esters is 1. The predicted molar refractivity (Wildman–Crippen MR) is 111 cm³/mol. The van der Waals surface area contributed by atoms with E-state index in [1.54, 1.807) is 34.7 Å². The van der Waals surface area contributed by atoms with Crippen molar-refractivity contribution in [3.05, 3.63) is 69.2 Å². The lowest BCUT2D eigenvalue weighted by molar-refractivity contribution is 0.0592. The fourth-order valence-corrected chi connectivity index (χ4v) is 4.06. The van der Waals surface area contributed by atoms with Crippen LogP contribution in [0.1, 0.15) is 34.6 Å². The second kappa shape index (κ2) is 8.17. The van der Waals surface area contributed by atoms with E-state index in [1.165, 1.54) is 18.4 Å². The Balaban J connectivity index is 1.60. The van der Waals surface area contributed by atoms with Crippen LogP contribution in [0, 0.1) is 0 Å². The Morgan fingerprint density at radius 1 is 1.17 bits per heavy atom. The van der Waals surface area contributed by atoms with E-state index in [2.05, 4.69) is 27.0 Å². The van der Waals surface area contributed by atoms with Crippen molar-refractivity contribution in [1.29, 1.82) is 0 Å². The second-order valence-corrected chi connectivity index (χ2v) is 7.61. The number of fused-ring (bicyclic) bond motifs is 1. The second-order valence-electron chi connectivity index (χ2n) is 6.62. The first-order valence-electron chi connectivity index (χ1n) is 9.12. The quantitative estimate of drug-likeness (QED) is 0.438. The van der Waals surface area contributed by atoms with Crippen LogP contribution in [-0.2, 0) is 16.2 Å². The van der Waals surface area contributed by atoms with Crippen molar-refractivity contribution in [3.63, 3.8) is 0 Å². The third-order valence-corrected chi connectivity index (χ3v) is 5.73. The van der Waals surface area contributed by atoms with E-state index < -0.39 is 5.97 Å². The van der Waals surface area contributed by atoms with Crippen molar-refractivity contribution in [2.45, 2.75) is 19.6 Å². The smallest absolute Gasteiger partial charge is 0.358 e. The molecule has 0 aliphatic carbocycles. The van der Waals surface area contributed by atoms with Crippen LogP contribution < -0.4 is 4.87 Å². The molecule has 1 aromatic carbocycles. The van der Waals surface area contributed by atoms with Crippen LogP contribution in [0.4, 0.5) is 0 Å². The number of hydrogen-bond acceptors (Lipinski definition) is 8. The molecule has 154 valence electrons. The fraction of sp³-hybridized carbons (Fsp3) is 0.250. The number of carbonyl (C=O) groups is 1. The lowest BCUT2D eigenvalue weighted by atomic mass is 9.98. The molecule has 0 N–H and O–H groups in total. The van der Waals surface area contributed by atoms with Crippen LogP contribution in [0.5, 0.6) is 0 Å². The zero-order valence-corrected chi connectivity index (χ0v) is 17.4. The number of nitrogens with zero attached hydrogens (tertiary/aromatic N) is 5. The highest BCUT2D eigenvalue weighted by atomic mass is 32.1. The van der Waals surface area contributed by atoms with Crippen molar-refractivity contribution < 1.29 is 14.3 Å². The van der Waals surface area contributed by atoms with Crippen molar-refractivity contribution in [3.8, 4) is 5.82 Å². The Bertz CT molecular complexity index is 1260. The zero-order valence-electron chi connectivity index (χ0n) is 16.6. The van der Waals surface area contributed by atoms with Gasteiger partial charge in [-0.3, -0.25) is 9.36 Å². The summed E-state index contributed by atoms with van der Waals surface area (Å²) in [6, 6.07) is 11.1. The molecule has 0 bridgehead atoms. The van der Waals surface area contributed by atoms with Crippen molar-refractivity contribution in [1.82, 2.24) is 24.5 Å². The number of hydrogen-bond donors (Lipinski definition) is 0. The maximum Gasteiger partial charge on any atom is 0.358 e. The minimum atomic E-state index is -0.541. The largest absolute Gasteiger partial charge is 0.464 e. The summed E-state index contributed by atoms with van der Waals surface area (Å²) in [4.78, 5) is 23.6. The van der Waals surface area contributed by atoms with Gasteiger partial charge >= 0.3 is 10.8 Å². The zero-order chi connectivity index (χ0) is 21.3. The Labute approximate surface area is 175 Å². The summed E-state index contributed by atoms with van der Waals surface area (Å²) < 4.78 is 13.9. The number of thiazole rings is 1. The van der Waals surface area contributed by atoms with Gasteiger partial charge in [-0.2, -0.15) is 5.10 Å². The topological polar surface area (TPSA) is 101 Å². The van der Waals surface area contributed by atoms with Gasteiger partial charge in [-0.15, -0.1) is 10.2 Å². The summed E-state index contributed by atoms with van der Waals surface area (Å²) in [7, 11) is 2.86. The summed E-state index contributed by atoms with van der Waals surface area (Å²) in [6.07, 6.45) is 1.79. The summed E-state index contributed by atoms with van der Waals surface area (Å²) in [5.41, 5.74) is 2.88. The third-order valence-electron chi connectivity index (χ3n) is 4.78. The summed E-state index contributed by atoms with van der Waals surface area (Å²) >= 11 is 1.20. The Kier molecular flexibility index (Phi) is 5.42. The summed E-state index contributed by atoms with van der Waals surface area (Å²) in [5.74, 6) is -0.0432. The number of benzene rings is 1. The molecule has 30 heavy (non-hydrogen) atoms. The lowest BCUT2D eigenvalue weighted by Crippen LogP contribution is -2.13. The molecule has 0 saturated carbocycles. The van der Waals surface area contributed by atoms with E-state index in [0.29, 0.717) is 5.82 Å². The molecule has 1 atom stereocenters. The first-order valence-corrected chi connectivity index (χ1v) is 9.93. The molecule has 1 unspecified atom stereocenters. The molecule has 0 fully saturated rings. The normalized spacial score (nSPS) is 12.2. The van der Waals surface area contributed by atoms with Gasteiger partial charge in [-0.05, 0) is 35.9 Å². The molecular weight excluding hydrogens is 406 g/mol. The molecule has 0 spiro atoms. The molecule has 4 rings (SSSR count). The molecular formula is C20H19N5O4S. The third kappa shape index (κ3) is 3.62. The monoisotopic (exact) mass is 425 g/mol. The maximum atomic E-state index is 12.2. The molecule has 0 radical (unpaired) electrons. The number of carbonyl (C=O) groups excluding carboxylic acids is 1. The van der Waals surface area contributed by atoms with Gasteiger partial charge in [-0.1, -0.05) is 24.3 Å². The van der Waals surface area contributed by atoms with E-state index in [0.717, 1.165) is 21.5 Å². The van der Waals surface area contributed by atoms with Crippen LogP contribution in [0.25, 0.3) is 16.0 Å². The Hall–Kier alpha value is -3.37. The molecule has 3 aromatic heterocycles. The van der Waals surface area contributed by atoms with Crippen molar-refractivity contribution in [2.75, 3.05) is 14.2 Å². The van der Waals surface area contributed by atoms with E-state index >= 15 is 0 Å². The number of ether oxygens (including phenoxy) is 2. The van der Waals surface area contributed by atoms with Gasteiger partial charge in [0.25, 0.3) is 0 Å². The number of methoxy groups -OCH3 is 2. The van der Waals surface area contributed by atoms with Crippen molar-refractivity contribution >= 4 is 27.5 Å². The van der Waals surface area contributed by atoms with Gasteiger partial charge < -0.3 is 9.47 Å². The predicted octanol–water partition coefficient (Wildman–Crippen LogP) is 2.58. The van der Waals surface area contributed by atoms with E-state index in [9.17, 15) is 9.59 Å². The highest BCUT2D eigenvalue weighted by molar-refractivity contribution is 7.16. The van der Waals surface area contributed by atoms with E-state index in [-0.39, 0.29) is 23.2 Å². The van der Waals surface area contributed by atoms with Gasteiger partial charge in [0.15, 0.2) is 11.5 Å². The molecule has 0 aliphatic rings. The average Bonchev–Trinajstić information content (AvgIpc) is 3.38. The van der Waals surface area contributed by atoms with Crippen LogP contribution in [0.15, 0.2) is 47.4 Å². The molecule has 3 heterocycles. The maximum absolute atomic E-state index is 12.2. The summed E-state index contributed by atoms with van der Waals surface area (Å²) in [6.45, 7) is 2.28. The van der Waals surface area contributed by atoms with Gasteiger partial charge in [0.2, 0.25) is 0 Å². The van der Waals surface area contributed by atoms with E-state index in [1.807, 2.05) is 24.3 Å². The lowest BCUT2D eigenvalue weighted by Gasteiger charge is -2.10. The average molecular weight is 425 g/mol. The minimum absolute atomic E-state index is 0.00558. The van der Waals surface area contributed by atoms with Gasteiger partial charge in [0.05, 0.1) is 23.0 Å². The first-order chi connectivity index (χ1) is 14.5. The molecule has 9 nitrogen and oxygen atoms in total. The molecule has 0 amide bonds. The van der Waals surface area contributed by atoms with Crippen molar-refractivity contribution in [2.24, 2.45) is 0 Å². The molecule has 0 saturated heterocycles. The Morgan fingerprint density at radius 3 is 2.70 bits per heavy atom. The Morgan fingerprint density at radius 2 is 2.00 bits per heavy atom. The molecule has 10 heteroatoms. The molecule has 4 aromatic rings. The van der Waals surface area contributed by atoms with Crippen LogP contribution >= 0.6 is 11.3 Å². The van der Waals surface area contributed by atoms with Crippen LogP contribution in [-0.4, -0.2) is 44.7 Å². The van der Waals surface area contributed by atoms with Crippen LogP contribution in [0.3, 0.4) is 0 Å². The van der Waals surface area contributed by atoms with Gasteiger partial charge in [-0.25, -0.2) is 9.48 Å².